The van der Waals surface area contributed by atoms with E-state index in [0.29, 0.717) is 12.2 Å². The van der Waals surface area contributed by atoms with Crippen LogP contribution in [0.3, 0.4) is 0 Å². The van der Waals surface area contributed by atoms with E-state index in [-0.39, 0.29) is 10.9 Å². The van der Waals surface area contributed by atoms with E-state index in [0.717, 1.165) is 5.82 Å². The number of nitrogens with zero attached hydrogens (tertiary/aromatic N) is 1. The summed E-state index contributed by atoms with van der Waals surface area (Å²) in [6, 6.07) is 16.7. The minimum atomic E-state index is -3.62. The topological polar surface area (TPSA) is 63.6 Å². The lowest BCUT2D eigenvalue weighted by Crippen LogP contribution is -2.31. The second-order valence-corrected chi connectivity index (χ2v) is 8.67. The smallest absolute Gasteiger partial charge is 0.267 e. The van der Waals surface area contributed by atoms with Crippen LogP contribution in [0.4, 0.5) is 11.5 Å². The lowest BCUT2D eigenvalue weighted by Gasteiger charge is -2.22. The number of benzene rings is 1. The number of sulfonamides is 1. The average Bonchev–Trinajstić information content (AvgIpc) is 3.18. The summed E-state index contributed by atoms with van der Waals surface area (Å²) in [5.74, 6) is 0.771. The number of nitrogens with one attached hydrogen (secondary N) is 2. The van der Waals surface area contributed by atoms with E-state index in [2.05, 4.69) is 23.3 Å². The summed E-state index contributed by atoms with van der Waals surface area (Å²) in [6.45, 7) is 4.26. The van der Waals surface area contributed by atoms with Crippen LogP contribution in [-0.2, 0) is 10.0 Å². The third-order valence-corrected chi connectivity index (χ3v) is 7.00. The maximum absolute atomic E-state index is 13.0. The number of thiophene rings is 1. The van der Waals surface area contributed by atoms with Gasteiger partial charge in [0.15, 0.2) is 0 Å². The summed E-state index contributed by atoms with van der Waals surface area (Å²) in [5, 5.41) is 5.38. The van der Waals surface area contributed by atoms with Crippen LogP contribution in [0.25, 0.3) is 0 Å². The van der Waals surface area contributed by atoms with Gasteiger partial charge in [0, 0.05) is 17.5 Å². The molecule has 0 radical (unpaired) electrons. The molecule has 0 unspecified atom stereocenters. The van der Waals surface area contributed by atoms with Crippen molar-refractivity contribution in [3.8, 4) is 0 Å². The number of aromatic nitrogens is 1. The first-order valence-electron chi connectivity index (χ1n) is 8.42. The Morgan fingerprint density at radius 3 is 2.46 bits per heavy atom. The summed E-state index contributed by atoms with van der Waals surface area (Å²) in [6.07, 6.45) is 1.53. The van der Waals surface area contributed by atoms with Crippen LogP contribution < -0.4 is 14.6 Å². The van der Waals surface area contributed by atoms with E-state index < -0.39 is 10.0 Å². The van der Waals surface area contributed by atoms with E-state index in [1.165, 1.54) is 15.4 Å². The van der Waals surface area contributed by atoms with Gasteiger partial charge in [-0.15, -0.1) is 11.3 Å². The zero-order chi connectivity index (χ0) is 18.6. The Morgan fingerprint density at radius 1 is 1.12 bits per heavy atom. The molecule has 1 atom stereocenters. The van der Waals surface area contributed by atoms with Gasteiger partial charge in [-0.1, -0.05) is 24.3 Å². The van der Waals surface area contributed by atoms with Gasteiger partial charge < -0.3 is 0 Å². The van der Waals surface area contributed by atoms with Crippen LogP contribution in [0, 0.1) is 0 Å². The molecular weight excluding hydrogens is 366 g/mol. The van der Waals surface area contributed by atoms with Crippen LogP contribution >= 0.6 is 11.3 Å². The number of pyridine rings is 1. The quantitative estimate of drug-likeness (QED) is 0.666. The van der Waals surface area contributed by atoms with Gasteiger partial charge in [0.25, 0.3) is 15.8 Å². The van der Waals surface area contributed by atoms with Crippen molar-refractivity contribution >= 4 is 32.9 Å². The molecule has 0 aliphatic carbocycles. The number of hydrogen-bond acceptors (Lipinski definition) is 4. The summed E-state index contributed by atoms with van der Waals surface area (Å²) < 4.78 is 27.3. The fourth-order valence-electron chi connectivity index (χ4n) is 2.72. The predicted octanol–water partition coefficient (Wildman–Crippen LogP) is 3.95. The SMILES string of the molecule is CCN(c1ccccc1)S(=O)(=O)c1ccc(N[C@H](C)c2cccs2)[nH+]c1. The molecule has 1 aromatic carbocycles. The highest BCUT2D eigenvalue weighted by Crippen LogP contribution is 2.24. The second-order valence-electron chi connectivity index (χ2n) is 5.82. The molecule has 7 heteroatoms. The van der Waals surface area contributed by atoms with Crippen molar-refractivity contribution in [2.75, 3.05) is 16.2 Å². The Kier molecular flexibility index (Phi) is 5.58. The molecular formula is C19H22N3O2S2+. The molecule has 0 fully saturated rings. The third-order valence-electron chi connectivity index (χ3n) is 4.05. The van der Waals surface area contributed by atoms with Crippen LogP contribution in [-0.4, -0.2) is 15.0 Å². The third kappa shape index (κ3) is 3.89. The number of rotatable bonds is 7. The standard InChI is InChI=1S/C19H21N3O2S2/c1-3-22(16-8-5-4-6-9-16)26(23,24)17-11-12-19(20-14-17)21-15(2)18-10-7-13-25-18/h4-15H,3H2,1-2H3,(H,20,21)/p+1/t15-/m1/s1. The Balaban J connectivity index is 1.80. The van der Waals surface area contributed by atoms with Gasteiger partial charge in [0.05, 0.1) is 5.69 Å². The Morgan fingerprint density at radius 2 is 1.88 bits per heavy atom. The predicted molar refractivity (Wildman–Crippen MR) is 106 cm³/mol. The number of H-pyrrole nitrogens is 1. The molecule has 2 aromatic heterocycles. The van der Waals surface area contributed by atoms with E-state index in [4.69, 9.17) is 0 Å². The average molecular weight is 389 g/mol. The van der Waals surface area contributed by atoms with E-state index >= 15 is 0 Å². The van der Waals surface area contributed by atoms with Gasteiger partial charge in [0.1, 0.15) is 17.1 Å². The molecule has 0 saturated heterocycles. The van der Waals surface area contributed by atoms with E-state index in [1.54, 1.807) is 35.6 Å². The highest BCUT2D eigenvalue weighted by atomic mass is 32.2. The summed E-state index contributed by atoms with van der Waals surface area (Å²) in [7, 11) is -3.62. The Hall–Kier alpha value is -2.38. The molecule has 2 N–H and O–H groups in total. The summed E-state index contributed by atoms with van der Waals surface area (Å²) in [5.41, 5.74) is 0.656. The van der Waals surface area contributed by atoms with Gasteiger partial charge in [-0.2, -0.15) is 0 Å². The van der Waals surface area contributed by atoms with Crippen LogP contribution in [0.2, 0.25) is 0 Å². The van der Waals surface area contributed by atoms with Crippen LogP contribution in [0.15, 0.2) is 71.1 Å². The van der Waals surface area contributed by atoms with Crippen LogP contribution in [0.1, 0.15) is 24.8 Å². The maximum atomic E-state index is 13.0. The molecule has 0 aliphatic rings. The first kappa shape index (κ1) is 18.4. The molecule has 26 heavy (non-hydrogen) atoms. The monoisotopic (exact) mass is 388 g/mol. The van der Waals surface area contributed by atoms with Crippen molar-refractivity contribution in [1.29, 1.82) is 0 Å². The first-order valence-corrected chi connectivity index (χ1v) is 10.7. The number of aromatic amines is 1. The van der Waals surface area contributed by atoms with Gasteiger partial charge in [-0.25, -0.2) is 13.4 Å². The summed E-state index contributed by atoms with van der Waals surface area (Å²) >= 11 is 1.68. The van der Waals surface area contributed by atoms with Crippen LogP contribution in [0.5, 0.6) is 0 Å². The minimum Gasteiger partial charge on any atom is -0.267 e. The first-order chi connectivity index (χ1) is 12.5. The van der Waals surface area contributed by atoms with Crippen molar-refractivity contribution in [3.63, 3.8) is 0 Å². The molecule has 3 rings (SSSR count). The molecule has 136 valence electrons. The fourth-order valence-corrected chi connectivity index (χ4v) is 4.89. The van der Waals surface area contributed by atoms with Crippen molar-refractivity contribution in [1.82, 2.24) is 0 Å². The van der Waals surface area contributed by atoms with Crippen molar-refractivity contribution in [2.45, 2.75) is 24.8 Å². The van der Waals surface area contributed by atoms with Gasteiger partial charge >= 0.3 is 0 Å². The van der Waals surface area contributed by atoms with Gasteiger partial charge in [0.2, 0.25) is 0 Å². The zero-order valence-corrected chi connectivity index (χ0v) is 16.3. The molecule has 2 heterocycles. The molecule has 0 bridgehead atoms. The van der Waals surface area contributed by atoms with Gasteiger partial charge in [-0.05, 0) is 43.5 Å². The minimum absolute atomic E-state index is 0.144. The fraction of sp³-hybridized carbons (Fsp3) is 0.211. The van der Waals surface area contributed by atoms with Gasteiger partial charge in [-0.3, -0.25) is 9.62 Å². The molecule has 0 amide bonds. The highest BCUT2D eigenvalue weighted by Gasteiger charge is 2.25. The largest absolute Gasteiger partial charge is 0.272 e. The van der Waals surface area contributed by atoms with E-state index in [9.17, 15) is 8.42 Å². The lowest BCUT2D eigenvalue weighted by atomic mass is 10.3. The zero-order valence-electron chi connectivity index (χ0n) is 14.7. The number of hydrogen-bond donors (Lipinski definition) is 1. The lowest BCUT2D eigenvalue weighted by molar-refractivity contribution is -0.364. The Bertz CT molecular complexity index is 925. The number of para-hydroxylation sites is 1. The van der Waals surface area contributed by atoms with Crippen molar-refractivity contribution in [3.05, 3.63) is 71.1 Å². The molecule has 0 saturated carbocycles. The maximum Gasteiger partial charge on any atom is 0.272 e. The van der Waals surface area contributed by atoms with E-state index in [1.807, 2.05) is 36.6 Å². The number of anilines is 2. The normalized spacial score (nSPS) is 12.5. The second kappa shape index (κ2) is 7.88. The molecule has 5 nitrogen and oxygen atoms in total. The van der Waals surface area contributed by atoms with Crippen molar-refractivity contribution < 1.29 is 13.4 Å². The molecule has 0 spiro atoms. The Labute approximate surface area is 158 Å². The molecule has 3 aromatic rings. The van der Waals surface area contributed by atoms with Crippen molar-refractivity contribution in [2.24, 2.45) is 0 Å². The highest BCUT2D eigenvalue weighted by molar-refractivity contribution is 7.92. The summed E-state index contributed by atoms with van der Waals surface area (Å²) in [4.78, 5) is 4.51. The molecule has 0 aliphatic heterocycles.